The Morgan fingerprint density at radius 3 is 2.87 bits per heavy atom. The van der Waals surface area contributed by atoms with Gasteiger partial charge in [0.05, 0.1) is 23.4 Å². The van der Waals surface area contributed by atoms with E-state index in [2.05, 4.69) is 20.2 Å². The summed E-state index contributed by atoms with van der Waals surface area (Å²) in [5, 5.41) is 14.6. The van der Waals surface area contributed by atoms with Crippen LogP contribution in [0.1, 0.15) is 19.3 Å². The zero-order valence-electron chi connectivity index (χ0n) is 12.7. The molecule has 2 atom stereocenters. The maximum atomic E-state index is 12.0. The first kappa shape index (κ1) is 15.5. The highest BCUT2D eigenvalue weighted by molar-refractivity contribution is 5.84. The number of aliphatic carboxylic acids is 1. The second-order valence-electron chi connectivity index (χ2n) is 5.76. The Morgan fingerprint density at radius 2 is 2.09 bits per heavy atom. The number of aryl methyl sites for hydroxylation is 1. The molecule has 3 N–H and O–H groups in total. The van der Waals surface area contributed by atoms with Crippen LogP contribution in [0, 0.1) is 0 Å². The fraction of sp³-hybridized carbons (Fsp3) is 0.438. The van der Waals surface area contributed by atoms with Gasteiger partial charge in [0.2, 0.25) is 5.91 Å². The van der Waals surface area contributed by atoms with E-state index < -0.39 is 18.1 Å². The van der Waals surface area contributed by atoms with Gasteiger partial charge in [0, 0.05) is 13.1 Å². The van der Waals surface area contributed by atoms with Gasteiger partial charge in [-0.25, -0.2) is 4.98 Å². The van der Waals surface area contributed by atoms with Gasteiger partial charge in [-0.3, -0.25) is 14.9 Å². The molecule has 7 nitrogen and oxygen atoms in total. The summed E-state index contributed by atoms with van der Waals surface area (Å²) in [6.07, 6.45) is 3.66. The van der Waals surface area contributed by atoms with Gasteiger partial charge < -0.3 is 15.0 Å². The summed E-state index contributed by atoms with van der Waals surface area (Å²) >= 11 is 0. The van der Waals surface area contributed by atoms with Crippen molar-refractivity contribution in [1.82, 2.24) is 20.2 Å². The summed E-state index contributed by atoms with van der Waals surface area (Å²) in [6, 6.07) is 6.92. The zero-order chi connectivity index (χ0) is 16.2. The van der Waals surface area contributed by atoms with Crippen molar-refractivity contribution in [2.45, 2.75) is 37.9 Å². The second kappa shape index (κ2) is 6.78. The number of hydrogen-bond acceptors (Lipinski definition) is 4. The molecule has 1 saturated heterocycles. The summed E-state index contributed by atoms with van der Waals surface area (Å²) in [4.78, 5) is 27.2. The first-order valence-electron chi connectivity index (χ1n) is 7.81. The Hall–Kier alpha value is -2.41. The van der Waals surface area contributed by atoms with E-state index in [0.29, 0.717) is 19.4 Å². The third-order valence-electron chi connectivity index (χ3n) is 4.16. The molecule has 0 spiro atoms. The minimum Gasteiger partial charge on any atom is -0.480 e. The lowest BCUT2D eigenvalue weighted by atomic mass is 10.2. The van der Waals surface area contributed by atoms with Gasteiger partial charge in [0.15, 0.2) is 0 Å². The molecule has 0 unspecified atom stereocenters. The number of imidazole rings is 1. The Balaban J connectivity index is 1.43. The molecule has 3 rings (SSSR count). The lowest BCUT2D eigenvalue weighted by molar-refractivity contribution is -0.139. The Morgan fingerprint density at radius 1 is 1.30 bits per heavy atom. The number of carbonyl (C=O) groups is 2. The molecule has 0 aliphatic carbocycles. The van der Waals surface area contributed by atoms with E-state index in [1.807, 2.05) is 30.6 Å². The lowest BCUT2D eigenvalue weighted by Gasteiger charge is -2.12. The molecular weight excluding hydrogens is 296 g/mol. The van der Waals surface area contributed by atoms with Crippen LogP contribution in [0.25, 0.3) is 11.0 Å². The topological polar surface area (TPSA) is 96.2 Å². The molecule has 0 bridgehead atoms. The minimum atomic E-state index is -0.896. The van der Waals surface area contributed by atoms with E-state index in [1.54, 1.807) is 0 Å². The fourth-order valence-electron chi connectivity index (χ4n) is 2.92. The van der Waals surface area contributed by atoms with Crippen molar-refractivity contribution < 1.29 is 14.7 Å². The van der Waals surface area contributed by atoms with Gasteiger partial charge in [0.1, 0.15) is 6.04 Å². The number of carbonyl (C=O) groups excluding carboxylic acids is 1. The molecule has 1 aromatic heterocycles. The van der Waals surface area contributed by atoms with Gasteiger partial charge in [0.25, 0.3) is 0 Å². The maximum Gasteiger partial charge on any atom is 0.320 e. The lowest BCUT2D eigenvalue weighted by Crippen LogP contribution is -2.45. The highest BCUT2D eigenvalue weighted by Crippen LogP contribution is 2.13. The van der Waals surface area contributed by atoms with Crippen molar-refractivity contribution in [3.63, 3.8) is 0 Å². The Labute approximate surface area is 133 Å². The van der Waals surface area contributed by atoms with Crippen molar-refractivity contribution in [3.05, 3.63) is 30.6 Å². The summed E-state index contributed by atoms with van der Waals surface area (Å²) in [5.74, 6) is -1.02. The number of para-hydroxylation sites is 2. The van der Waals surface area contributed by atoms with E-state index in [1.165, 1.54) is 0 Å². The van der Waals surface area contributed by atoms with E-state index in [9.17, 15) is 9.59 Å². The number of aromatic nitrogens is 2. The van der Waals surface area contributed by atoms with Gasteiger partial charge in [-0.2, -0.15) is 0 Å². The third-order valence-corrected chi connectivity index (χ3v) is 4.16. The van der Waals surface area contributed by atoms with E-state index in [0.717, 1.165) is 24.0 Å². The number of fused-ring (bicyclic) bond motifs is 1. The van der Waals surface area contributed by atoms with E-state index in [4.69, 9.17) is 5.11 Å². The molecule has 2 heterocycles. The SMILES string of the molecule is O=C(O)[C@@H]1CC[C@H](C(=O)NCCCn2cnc3ccccc32)N1. The van der Waals surface area contributed by atoms with Gasteiger partial charge in [-0.15, -0.1) is 0 Å². The molecule has 2 aromatic rings. The molecule has 1 aromatic carbocycles. The van der Waals surface area contributed by atoms with Crippen molar-refractivity contribution >= 4 is 22.9 Å². The minimum absolute atomic E-state index is 0.121. The summed E-state index contributed by atoms with van der Waals surface area (Å²) in [5.41, 5.74) is 2.05. The van der Waals surface area contributed by atoms with Crippen LogP contribution in [0.3, 0.4) is 0 Å². The van der Waals surface area contributed by atoms with Gasteiger partial charge in [-0.05, 0) is 31.4 Å². The third kappa shape index (κ3) is 3.50. The summed E-state index contributed by atoms with van der Waals surface area (Å²) in [6.45, 7) is 1.33. The number of carboxylic acids is 1. The summed E-state index contributed by atoms with van der Waals surface area (Å²) < 4.78 is 2.07. The molecule has 122 valence electrons. The molecule has 0 saturated carbocycles. The average Bonchev–Trinajstić information content (AvgIpc) is 3.19. The number of nitrogens with zero attached hydrogens (tertiary/aromatic N) is 2. The van der Waals surface area contributed by atoms with E-state index >= 15 is 0 Å². The zero-order valence-corrected chi connectivity index (χ0v) is 12.7. The average molecular weight is 316 g/mol. The highest BCUT2D eigenvalue weighted by Gasteiger charge is 2.32. The normalized spacial score (nSPS) is 20.7. The Bertz CT molecular complexity index is 712. The first-order chi connectivity index (χ1) is 11.1. The molecule has 0 radical (unpaired) electrons. The molecule has 1 aliphatic heterocycles. The number of amides is 1. The van der Waals surface area contributed by atoms with Gasteiger partial charge >= 0.3 is 5.97 Å². The summed E-state index contributed by atoms with van der Waals surface area (Å²) in [7, 11) is 0. The number of hydrogen-bond donors (Lipinski definition) is 3. The quantitative estimate of drug-likeness (QED) is 0.683. The molecule has 23 heavy (non-hydrogen) atoms. The molecular formula is C16H20N4O3. The number of rotatable bonds is 6. The van der Waals surface area contributed by atoms with Crippen molar-refractivity contribution in [2.75, 3.05) is 6.54 Å². The predicted molar refractivity (Wildman–Crippen MR) is 84.9 cm³/mol. The number of benzene rings is 1. The predicted octanol–water partition coefficient (Wildman–Crippen LogP) is 0.748. The number of carboxylic acid groups (broad SMARTS) is 1. The van der Waals surface area contributed by atoms with Crippen LogP contribution in [0.5, 0.6) is 0 Å². The molecule has 7 heteroatoms. The second-order valence-corrected chi connectivity index (χ2v) is 5.76. The van der Waals surface area contributed by atoms with Crippen LogP contribution < -0.4 is 10.6 Å². The van der Waals surface area contributed by atoms with Gasteiger partial charge in [-0.1, -0.05) is 12.1 Å². The molecule has 1 aliphatic rings. The maximum absolute atomic E-state index is 12.0. The van der Waals surface area contributed by atoms with Crippen LogP contribution in [0.2, 0.25) is 0 Å². The largest absolute Gasteiger partial charge is 0.480 e. The van der Waals surface area contributed by atoms with Crippen molar-refractivity contribution in [2.24, 2.45) is 0 Å². The van der Waals surface area contributed by atoms with Crippen molar-refractivity contribution in [1.29, 1.82) is 0 Å². The molecule has 1 fully saturated rings. The van der Waals surface area contributed by atoms with Crippen LogP contribution >= 0.6 is 0 Å². The fourth-order valence-corrected chi connectivity index (χ4v) is 2.92. The van der Waals surface area contributed by atoms with Crippen LogP contribution in [0.15, 0.2) is 30.6 Å². The Kier molecular flexibility index (Phi) is 4.57. The van der Waals surface area contributed by atoms with Crippen molar-refractivity contribution in [3.8, 4) is 0 Å². The smallest absolute Gasteiger partial charge is 0.320 e. The standard InChI is InChI=1S/C16H20N4O3/c21-15(12-6-7-13(19-12)16(22)23)17-8-3-9-20-10-18-11-4-1-2-5-14(11)20/h1-2,4-5,10,12-13,19H,3,6-9H2,(H,17,21)(H,22,23)/t12-,13+/m1/s1. The first-order valence-corrected chi connectivity index (χ1v) is 7.81. The number of nitrogens with one attached hydrogen (secondary N) is 2. The highest BCUT2D eigenvalue weighted by atomic mass is 16.4. The van der Waals surface area contributed by atoms with E-state index in [-0.39, 0.29) is 5.91 Å². The van der Waals surface area contributed by atoms with Crippen LogP contribution in [-0.2, 0) is 16.1 Å². The molecule has 1 amide bonds. The monoisotopic (exact) mass is 316 g/mol. The van der Waals surface area contributed by atoms with Crippen LogP contribution in [0.4, 0.5) is 0 Å². The van der Waals surface area contributed by atoms with Crippen LogP contribution in [-0.4, -0.2) is 45.2 Å².